The molecule has 0 bridgehead atoms. The van der Waals surface area contributed by atoms with Crippen molar-refractivity contribution in [3.63, 3.8) is 0 Å². The molecule has 0 radical (unpaired) electrons. The van der Waals surface area contributed by atoms with Gasteiger partial charge < -0.3 is 24.8 Å². The van der Waals surface area contributed by atoms with E-state index in [4.69, 9.17) is 24.9 Å². The minimum Gasteiger partial charge on any atom is -0.386 e. The van der Waals surface area contributed by atoms with Crippen LogP contribution in [0.15, 0.2) is 21.9 Å². The molecule has 5 atom stereocenters. The Kier molecular flexibility index (Phi) is 10.5. The van der Waals surface area contributed by atoms with Crippen LogP contribution in [0, 0.1) is 12.3 Å². The van der Waals surface area contributed by atoms with Gasteiger partial charge in [0.1, 0.15) is 18.3 Å². The Morgan fingerprint density at radius 3 is 2.79 bits per heavy atom. The summed E-state index contributed by atoms with van der Waals surface area (Å²) in [6.45, 7) is -0.370. The molecular formula is C19H28N3O10P. The van der Waals surface area contributed by atoms with Crippen LogP contribution in [-0.2, 0) is 27.9 Å². The van der Waals surface area contributed by atoms with Gasteiger partial charge in [0.2, 0.25) is 5.91 Å². The number of methoxy groups -OCH3 is 1. The summed E-state index contributed by atoms with van der Waals surface area (Å²) in [6.07, 6.45) is 3.56. The fourth-order valence-corrected chi connectivity index (χ4v) is 3.96. The zero-order valence-corrected chi connectivity index (χ0v) is 18.9. The Balaban J connectivity index is 1.79. The quantitative estimate of drug-likeness (QED) is 0.157. The number of H-pyrrole nitrogens is 1. The number of terminal acetylenes is 1. The van der Waals surface area contributed by atoms with Crippen LogP contribution in [-0.4, -0.2) is 70.6 Å². The molecule has 184 valence electrons. The Bertz CT molecular complexity index is 987. The van der Waals surface area contributed by atoms with Crippen LogP contribution < -0.4 is 16.6 Å². The SMILES string of the molecule is C#CCNC(=O)CCCCCOP(=O)(O)OC[C@H]1O[C@@H](n2ccc(=O)[nH]c2=O)[C@@H](O)C1OC. The third kappa shape index (κ3) is 8.21. The second-order valence-corrected chi connectivity index (χ2v) is 8.62. The number of carbonyl (C=O) groups is 1. The molecule has 1 saturated heterocycles. The number of rotatable bonds is 13. The van der Waals surface area contributed by atoms with Crippen LogP contribution in [0.3, 0.4) is 0 Å². The molecule has 0 saturated carbocycles. The molecule has 2 heterocycles. The van der Waals surface area contributed by atoms with Crippen LogP contribution in [0.4, 0.5) is 0 Å². The molecule has 1 aromatic rings. The number of ether oxygens (including phenoxy) is 2. The summed E-state index contributed by atoms with van der Waals surface area (Å²) in [5.41, 5.74) is -1.41. The number of unbranched alkanes of at least 4 members (excludes halogenated alkanes) is 2. The third-order valence-corrected chi connectivity index (χ3v) is 5.78. The highest BCUT2D eigenvalue weighted by molar-refractivity contribution is 7.47. The van der Waals surface area contributed by atoms with Gasteiger partial charge in [-0.25, -0.2) is 9.36 Å². The standard InChI is InChI=1S/C19H28N3O10P/c1-3-9-20-14(23)7-5-4-6-11-30-33(27,28)31-12-13-17(29-2)16(25)18(32-13)22-10-8-15(24)21-19(22)26/h1,8,10,13,16-18,25H,4-7,9,11-12H2,2H3,(H,20,23)(H,27,28)(H,21,24,26)/t13-,16+,17?,18-/m1/s1. The first-order valence-corrected chi connectivity index (χ1v) is 11.7. The van der Waals surface area contributed by atoms with Gasteiger partial charge in [0, 0.05) is 25.8 Å². The summed E-state index contributed by atoms with van der Waals surface area (Å²) < 4.78 is 33.7. The van der Waals surface area contributed by atoms with Gasteiger partial charge in [-0.1, -0.05) is 12.3 Å². The Labute approximate surface area is 189 Å². The van der Waals surface area contributed by atoms with Gasteiger partial charge in [0.05, 0.1) is 19.8 Å². The van der Waals surface area contributed by atoms with Crippen LogP contribution in [0.5, 0.6) is 0 Å². The molecule has 2 unspecified atom stereocenters. The van der Waals surface area contributed by atoms with E-state index in [-0.39, 0.29) is 25.5 Å². The second-order valence-electron chi connectivity index (χ2n) is 7.16. The maximum absolute atomic E-state index is 12.1. The minimum atomic E-state index is -4.43. The molecular weight excluding hydrogens is 461 g/mol. The number of nitrogens with one attached hydrogen (secondary N) is 2. The van der Waals surface area contributed by atoms with Crippen molar-refractivity contribution in [1.82, 2.24) is 14.9 Å². The molecule has 0 aromatic carbocycles. The number of hydrogen-bond donors (Lipinski definition) is 4. The van der Waals surface area contributed by atoms with E-state index in [1.54, 1.807) is 0 Å². The lowest BCUT2D eigenvalue weighted by Crippen LogP contribution is -2.38. The number of aromatic amines is 1. The van der Waals surface area contributed by atoms with Crippen LogP contribution in [0.25, 0.3) is 0 Å². The van der Waals surface area contributed by atoms with E-state index >= 15 is 0 Å². The molecule has 1 aliphatic heterocycles. The number of aromatic nitrogens is 2. The van der Waals surface area contributed by atoms with Crippen LogP contribution >= 0.6 is 7.82 Å². The van der Waals surface area contributed by atoms with Gasteiger partial charge in [-0.2, -0.15) is 0 Å². The predicted molar refractivity (Wildman–Crippen MR) is 114 cm³/mol. The largest absolute Gasteiger partial charge is 0.472 e. The highest BCUT2D eigenvalue weighted by Gasteiger charge is 2.46. The van der Waals surface area contributed by atoms with Crippen LogP contribution in [0.2, 0.25) is 0 Å². The lowest BCUT2D eigenvalue weighted by atomic mass is 10.1. The number of aliphatic hydroxyl groups excluding tert-OH is 1. The molecule has 14 heteroatoms. The maximum atomic E-state index is 12.1. The average Bonchev–Trinajstić information content (AvgIpc) is 3.08. The fraction of sp³-hybridized carbons (Fsp3) is 0.632. The van der Waals surface area contributed by atoms with Crippen molar-refractivity contribution < 1.29 is 37.9 Å². The summed E-state index contributed by atoms with van der Waals surface area (Å²) in [4.78, 5) is 46.5. The smallest absolute Gasteiger partial charge is 0.386 e. The molecule has 1 amide bonds. The van der Waals surface area contributed by atoms with Crippen molar-refractivity contribution in [2.24, 2.45) is 0 Å². The summed E-state index contributed by atoms with van der Waals surface area (Å²) in [6, 6.07) is 1.09. The molecule has 1 aromatic heterocycles. The second kappa shape index (κ2) is 12.8. The predicted octanol–water partition coefficient (Wildman–Crippen LogP) is -0.747. The summed E-state index contributed by atoms with van der Waals surface area (Å²) in [5.74, 6) is 2.13. The zero-order chi connectivity index (χ0) is 24.4. The van der Waals surface area contributed by atoms with Gasteiger partial charge in [0.25, 0.3) is 5.56 Å². The van der Waals surface area contributed by atoms with E-state index < -0.39 is 50.2 Å². The number of amides is 1. The summed E-state index contributed by atoms with van der Waals surface area (Å²) >= 11 is 0. The monoisotopic (exact) mass is 489 g/mol. The molecule has 33 heavy (non-hydrogen) atoms. The van der Waals surface area contributed by atoms with E-state index in [9.17, 15) is 28.9 Å². The van der Waals surface area contributed by atoms with E-state index in [1.165, 1.54) is 7.11 Å². The van der Waals surface area contributed by atoms with Crippen molar-refractivity contribution in [2.45, 2.75) is 50.2 Å². The molecule has 1 fully saturated rings. The third-order valence-electron chi connectivity index (χ3n) is 4.80. The zero-order valence-electron chi connectivity index (χ0n) is 18.0. The number of hydrogen-bond acceptors (Lipinski definition) is 9. The van der Waals surface area contributed by atoms with Crippen LogP contribution in [0.1, 0.15) is 31.9 Å². The Hall–Kier alpha value is -2.30. The molecule has 13 nitrogen and oxygen atoms in total. The molecule has 0 aliphatic carbocycles. The van der Waals surface area contributed by atoms with Gasteiger partial charge >= 0.3 is 13.5 Å². The molecule has 2 rings (SSSR count). The topological polar surface area (TPSA) is 178 Å². The van der Waals surface area contributed by atoms with E-state index in [0.29, 0.717) is 19.3 Å². The molecule has 1 aliphatic rings. The minimum absolute atomic E-state index is 0.0724. The number of nitrogens with zero attached hydrogens (tertiary/aromatic N) is 1. The molecule has 0 spiro atoms. The van der Waals surface area contributed by atoms with Crippen molar-refractivity contribution >= 4 is 13.7 Å². The lowest BCUT2D eigenvalue weighted by molar-refractivity contribution is -0.120. The highest BCUT2D eigenvalue weighted by Crippen LogP contribution is 2.44. The van der Waals surface area contributed by atoms with E-state index in [0.717, 1.165) is 16.8 Å². The lowest BCUT2D eigenvalue weighted by Gasteiger charge is -2.19. The Morgan fingerprint density at radius 1 is 1.36 bits per heavy atom. The first-order valence-electron chi connectivity index (χ1n) is 10.2. The van der Waals surface area contributed by atoms with Crippen molar-refractivity contribution in [3.05, 3.63) is 33.1 Å². The normalized spacial score (nSPS) is 24.2. The number of aliphatic hydroxyl groups is 1. The summed E-state index contributed by atoms with van der Waals surface area (Å²) in [5, 5.41) is 13.0. The molecule has 4 N–H and O–H groups in total. The fourth-order valence-electron chi connectivity index (χ4n) is 3.19. The number of phosphoric ester groups is 1. The van der Waals surface area contributed by atoms with Gasteiger partial charge in [-0.05, 0) is 12.8 Å². The number of carbonyl (C=O) groups excluding carboxylic acids is 1. The van der Waals surface area contributed by atoms with Crippen molar-refractivity contribution in [1.29, 1.82) is 0 Å². The highest BCUT2D eigenvalue weighted by atomic mass is 31.2. The van der Waals surface area contributed by atoms with Crippen molar-refractivity contribution in [2.75, 3.05) is 26.9 Å². The average molecular weight is 489 g/mol. The van der Waals surface area contributed by atoms with Crippen molar-refractivity contribution in [3.8, 4) is 12.3 Å². The van der Waals surface area contributed by atoms with Gasteiger partial charge in [0.15, 0.2) is 6.23 Å². The summed E-state index contributed by atoms with van der Waals surface area (Å²) in [7, 11) is -3.13. The van der Waals surface area contributed by atoms with E-state index in [1.807, 2.05) is 4.98 Å². The maximum Gasteiger partial charge on any atom is 0.472 e. The Morgan fingerprint density at radius 2 is 2.12 bits per heavy atom. The van der Waals surface area contributed by atoms with Gasteiger partial charge in [-0.15, -0.1) is 6.42 Å². The first-order chi connectivity index (χ1) is 15.7. The van der Waals surface area contributed by atoms with E-state index in [2.05, 4.69) is 11.2 Å². The van der Waals surface area contributed by atoms with Gasteiger partial charge in [-0.3, -0.25) is 28.2 Å². The number of phosphoric acid groups is 1. The first kappa shape index (κ1) is 26.9.